The Kier molecular flexibility index (Phi) is 25.4. The second-order valence-corrected chi connectivity index (χ2v) is 26.6. The minimum Gasteiger partial charge on any atom is -0.479 e. The minimum absolute atomic E-state index is 1.54. The van der Waals surface area contributed by atoms with Crippen LogP contribution in [-0.4, -0.2) is 335 Å². The molecule has 0 unspecified atom stereocenters. The van der Waals surface area contributed by atoms with Gasteiger partial charge in [0.25, 0.3) is 0 Å². The van der Waals surface area contributed by atoms with Crippen molar-refractivity contribution in [3.63, 3.8) is 0 Å². The Balaban J connectivity index is 1.59. The predicted molar refractivity (Wildman–Crippen MR) is 251 cm³/mol. The molecule has 25 atom stereocenters. The molecule has 5 rings (SSSR count). The first-order valence-electron chi connectivity index (χ1n) is 22.9. The maximum Gasteiger partial charge on any atom is 0.397 e. The van der Waals surface area contributed by atoms with Crippen LogP contribution in [0.15, 0.2) is 0 Å². The molecule has 5 aliphatic heterocycles. The van der Waals surface area contributed by atoms with E-state index >= 15 is 0 Å². The molecule has 52 nitrogen and oxygen atoms in total. The molecule has 5 heterocycles. The van der Waals surface area contributed by atoms with E-state index in [4.69, 9.17) is 51.7 Å². The largest absolute Gasteiger partial charge is 0.479 e. The molecule has 5 saturated heterocycles. The van der Waals surface area contributed by atoms with Crippen LogP contribution in [0.1, 0.15) is 0 Å². The van der Waals surface area contributed by atoms with Crippen LogP contribution in [0.25, 0.3) is 0 Å². The van der Waals surface area contributed by atoms with Crippen molar-refractivity contribution in [2.75, 3.05) is 19.8 Å². The molecule has 528 valence electrons. The van der Waals surface area contributed by atoms with Gasteiger partial charge in [-0.15, -0.1) is 0 Å². The summed E-state index contributed by atoms with van der Waals surface area (Å²) in [6, 6.07) is 0. The normalized spacial score (nSPS) is 38.9. The number of carbonyl (C=O) groups is 2. The van der Waals surface area contributed by atoms with Crippen LogP contribution >= 0.6 is 0 Å². The van der Waals surface area contributed by atoms with Crippen molar-refractivity contribution in [1.29, 1.82) is 0 Å². The fourth-order valence-electron chi connectivity index (χ4n) is 8.54. The standard InChI is InChI=1S/C30H48O52S8/c31-7-4(1-66-83(42,43)44)70-28(18(8(7)32)79-87(54,55)56)74-15-9(33)10(34)27(76-21(15)24(37)38)73-14-6(3-68-85(48,49)50)71-30(23(82-90(63,64)65)20(14)81-89(60,61)62)75-16-12(36)19(80-88(57,58)59)29(77-22(16)25(39)40)72-13-5(2-67-84(45,46)47)69-26(41)17(11(13)35)78-86(51,52)53/h4-23,26-36,41H,1-3H2,(H,37,38)(H,39,40)(H,42,43,44)(H,45,46,47)(H,48,49,50)(H,51,52,53)(H,54,55,56)(H,57,58,59)(H,60,61,62)(H,63,64,65)/t4-,5-,6-,7-,8+,9-,10-,11+,12+,13-,14-,15+,16+,17-,18-,19-,20+,21+,22-,23-,26+,27-,28-,29-,30-/m1/s1. The average Bonchev–Trinajstić information content (AvgIpc) is 0.774. The zero-order valence-corrected chi connectivity index (χ0v) is 49.2. The third-order valence-corrected chi connectivity index (χ3v) is 15.5. The monoisotopic (exact) mass is 1500 g/mol. The molecule has 0 amide bonds. The number of aliphatic carboxylic acids is 2. The molecule has 90 heavy (non-hydrogen) atoms. The van der Waals surface area contributed by atoms with E-state index in [1.807, 2.05) is 0 Å². The quantitative estimate of drug-likeness (QED) is 0.0309. The lowest BCUT2D eigenvalue weighted by Crippen LogP contribution is -2.69. The summed E-state index contributed by atoms with van der Waals surface area (Å²) < 4.78 is 346. The number of hydrogen-bond donors (Lipinski definition) is 17. The molecule has 0 radical (unpaired) electrons. The second kappa shape index (κ2) is 29.3. The van der Waals surface area contributed by atoms with Crippen molar-refractivity contribution >= 4 is 95.1 Å². The maximum absolute atomic E-state index is 12.9. The molecule has 0 aromatic rings. The second-order valence-electron chi connectivity index (χ2n) is 18.1. The van der Waals surface area contributed by atoms with Crippen molar-refractivity contribution in [2.24, 2.45) is 0 Å². The fourth-order valence-corrected chi connectivity index (χ4v) is 11.9. The molecule has 0 spiro atoms. The summed E-state index contributed by atoms with van der Waals surface area (Å²) in [4.78, 5) is 25.7. The molecular weight excluding hydrogens is 1450 g/mol. The summed E-state index contributed by atoms with van der Waals surface area (Å²) in [6.45, 7) is -5.27. The molecule has 5 aliphatic rings. The molecule has 0 aromatic heterocycles. The Bertz CT molecular complexity index is 3450. The smallest absolute Gasteiger partial charge is 0.397 e. The lowest BCUT2D eigenvalue weighted by Gasteiger charge is -2.50. The number of hydrogen-bond acceptors (Lipinski definition) is 42. The van der Waals surface area contributed by atoms with Gasteiger partial charge in [0, 0.05) is 0 Å². The van der Waals surface area contributed by atoms with Gasteiger partial charge >= 0.3 is 95.1 Å². The van der Waals surface area contributed by atoms with E-state index in [0.29, 0.717) is 0 Å². The molecule has 17 N–H and O–H groups in total. The Morgan fingerprint density at radius 2 is 0.589 bits per heavy atom. The van der Waals surface area contributed by atoms with Gasteiger partial charge in [-0.2, -0.15) is 67.3 Å². The van der Waals surface area contributed by atoms with E-state index < -0.39 is 268 Å². The van der Waals surface area contributed by atoms with Crippen LogP contribution in [0.2, 0.25) is 0 Å². The van der Waals surface area contributed by atoms with Crippen LogP contribution in [0.3, 0.4) is 0 Å². The molecule has 5 fully saturated rings. The van der Waals surface area contributed by atoms with Crippen LogP contribution < -0.4 is 0 Å². The first-order chi connectivity index (χ1) is 40.6. The highest BCUT2D eigenvalue weighted by Gasteiger charge is 2.62. The lowest BCUT2D eigenvalue weighted by atomic mass is 9.95. The van der Waals surface area contributed by atoms with Gasteiger partial charge in [0.2, 0.25) is 0 Å². The highest BCUT2D eigenvalue weighted by molar-refractivity contribution is 7.82. The molecule has 0 aliphatic carbocycles. The van der Waals surface area contributed by atoms with Gasteiger partial charge in [0.1, 0.15) is 85.5 Å². The van der Waals surface area contributed by atoms with Gasteiger partial charge in [0.05, 0.1) is 19.8 Å². The topological polar surface area (TPSA) is 808 Å². The van der Waals surface area contributed by atoms with E-state index in [-0.39, 0.29) is 0 Å². The van der Waals surface area contributed by atoms with Crippen molar-refractivity contribution < 1.29 is 235 Å². The lowest BCUT2D eigenvalue weighted by molar-refractivity contribution is -0.383. The SMILES string of the molecule is O=C(O)[C@H]1O[C@@H](O[C@H]2[C@H](OS(=O)(=O)O)[C@@H](OS(=O)(=O)O)[C@@H](O[C@H]3[C@H](O)[C@@H](OS(=O)(=O)O)[C@H](O[C@H]4[C@H](O)[C@@H](OS(=O)(=O)O)[C@@H](O)O[C@@H]4COS(=O)(=O)O)O[C@H]3C(=O)O)O[C@@H]2COS(=O)(=O)O)[C@H](O)[C@@H](O)[C@@H]1O[C@H]1O[C@H](COS(=O)(=O)O)[C@@H](O)[C@H](O)[C@H]1OS(=O)(=O)O. The highest BCUT2D eigenvalue weighted by Crippen LogP contribution is 2.40. The highest BCUT2D eigenvalue weighted by atomic mass is 32.3. The number of carboxylic acids is 2. The first kappa shape index (κ1) is 78.0. The van der Waals surface area contributed by atoms with E-state index in [0.717, 1.165) is 0 Å². The van der Waals surface area contributed by atoms with Crippen LogP contribution in [0, 0.1) is 0 Å². The zero-order valence-electron chi connectivity index (χ0n) is 42.7. The zero-order chi connectivity index (χ0) is 68.7. The van der Waals surface area contributed by atoms with Gasteiger partial charge < -0.3 is 88.6 Å². The van der Waals surface area contributed by atoms with Gasteiger partial charge in [-0.1, -0.05) is 0 Å². The van der Waals surface area contributed by atoms with Gasteiger partial charge in [0.15, 0.2) is 68.1 Å². The van der Waals surface area contributed by atoms with Crippen molar-refractivity contribution in [3.8, 4) is 0 Å². The van der Waals surface area contributed by atoms with Gasteiger partial charge in [-0.3, -0.25) is 36.4 Å². The Morgan fingerprint density at radius 3 is 1.02 bits per heavy atom. The summed E-state index contributed by atoms with van der Waals surface area (Å²) in [7, 11) is -47.7. The minimum atomic E-state index is -6.41. The Hall–Kier alpha value is -2.74. The van der Waals surface area contributed by atoms with Crippen molar-refractivity contribution in [2.45, 2.75) is 154 Å². The van der Waals surface area contributed by atoms with Crippen LogP contribution in [-0.2, 0) is 169 Å². The number of carboxylic acid groups (broad SMARTS) is 2. The molecule has 0 aromatic carbocycles. The predicted octanol–water partition coefficient (Wildman–Crippen LogP) is -13.1. The first-order valence-corrected chi connectivity index (χ1v) is 33.8. The van der Waals surface area contributed by atoms with E-state index in [1.54, 1.807) is 0 Å². The maximum atomic E-state index is 12.9. The summed E-state index contributed by atoms with van der Waals surface area (Å²) in [5.41, 5.74) is 0. The number of ether oxygens (including phenoxy) is 9. The van der Waals surface area contributed by atoms with E-state index in [9.17, 15) is 150 Å². The van der Waals surface area contributed by atoms with E-state index in [1.165, 1.54) is 0 Å². The summed E-state index contributed by atoms with van der Waals surface area (Å²) >= 11 is 0. The van der Waals surface area contributed by atoms with Crippen LogP contribution in [0.4, 0.5) is 0 Å². The number of aliphatic hydroxyl groups excluding tert-OH is 7. The average molecular weight is 1500 g/mol. The number of rotatable bonds is 29. The molecule has 0 saturated carbocycles. The van der Waals surface area contributed by atoms with Gasteiger partial charge in [-0.25, -0.2) is 43.1 Å². The van der Waals surface area contributed by atoms with Crippen molar-refractivity contribution in [3.05, 3.63) is 0 Å². The third kappa shape index (κ3) is 22.4. The number of aliphatic hydroxyl groups is 7. The summed E-state index contributed by atoms with van der Waals surface area (Å²) in [5, 5.41) is 97.4. The summed E-state index contributed by atoms with van der Waals surface area (Å²) in [5.74, 6) is -5.01. The van der Waals surface area contributed by atoms with Crippen molar-refractivity contribution in [1.82, 2.24) is 0 Å². The molecule has 0 bridgehead atoms. The fraction of sp³-hybridized carbons (Fsp3) is 0.933. The van der Waals surface area contributed by atoms with Crippen LogP contribution in [0.5, 0.6) is 0 Å². The molecule has 60 heteroatoms. The molecular formula is C30H48O52S8. The summed E-state index contributed by atoms with van der Waals surface area (Å²) in [6.07, 6.45) is -75.5. The Labute approximate surface area is 501 Å². The Morgan fingerprint density at radius 1 is 0.289 bits per heavy atom. The van der Waals surface area contributed by atoms with E-state index in [2.05, 4.69) is 33.5 Å². The third-order valence-electron chi connectivity index (χ3n) is 11.9. The van der Waals surface area contributed by atoms with Gasteiger partial charge in [-0.05, 0) is 0 Å².